The van der Waals surface area contributed by atoms with Crippen LogP contribution in [0.15, 0.2) is 38.4 Å². The van der Waals surface area contributed by atoms with Gasteiger partial charge in [0.15, 0.2) is 5.82 Å². The molecule has 3 aromatic rings. The Kier molecular flexibility index (Phi) is 5.14. The summed E-state index contributed by atoms with van der Waals surface area (Å²) in [5, 5.41) is 12.5. The molecule has 7 nitrogen and oxygen atoms in total. The molecule has 24 heavy (non-hydrogen) atoms. The van der Waals surface area contributed by atoms with Gasteiger partial charge in [-0.05, 0) is 18.1 Å². The van der Waals surface area contributed by atoms with E-state index in [1.54, 1.807) is 7.11 Å². The molecule has 0 aliphatic rings. The quantitative estimate of drug-likeness (QED) is 0.600. The Balaban J connectivity index is 1.65. The molecule has 3 rings (SSSR count). The molecule has 0 aliphatic carbocycles. The van der Waals surface area contributed by atoms with Gasteiger partial charge >= 0.3 is 0 Å². The van der Waals surface area contributed by atoms with E-state index in [1.165, 1.54) is 11.8 Å². The molecule has 0 spiro atoms. The van der Waals surface area contributed by atoms with Crippen molar-refractivity contribution < 1.29 is 13.7 Å². The summed E-state index contributed by atoms with van der Waals surface area (Å²) in [5.41, 5.74) is 0.761. The minimum Gasteiger partial charge on any atom is -0.496 e. The van der Waals surface area contributed by atoms with Gasteiger partial charge in [-0.2, -0.15) is 4.98 Å². The van der Waals surface area contributed by atoms with E-state index >= 15 is 0 Å². The summed E-state index contributed by atoms with van der Waals surface area (Å²) in [6.07, 6.45) is 0.798. The molecule has 8 heteroatoms. The third-order valence-corrected chi connectivity index (χ3v) is 3.97. The fraction of sp³-hybridized carbons (Fsp3) is 0.375. The van der Waals surface area contributed by atoms with Gasteiger partial charge in [-0.1, -0.05) is 42.9 Å². The zero-order valence-electron chi connectivity index (χ0n) is 13.7. The van der Waals surface area contributed by atoms with Crippen molar-refractivity contribution in [1.29, 1.82) is 0 Å². The van der Waals surface area contributed by atoms with Crippen molar-refractivity contribution in [3.05, 3.63) is 36.0 Å². The number of thioether (sulfide) groups is 1. The summed E-state index contributed by atoms with van der Waals surface area (Å²) in [5.74, 6) is 3.35. The molecule has 0 atom stereocenters. The Morgan fingerprint density at radius 2 is 2.04 bits per heavy atom. The Morgan fingerprint density at radius 1 is 1.21 bits per heavy atom. The first-order chi connectivity index (χ1) is 11.7. The molecule has 0 bridgehead atoms. The number of ether oxygens (including phenoxy) is 1. The van der Waals surface area contributed by atoms with Crippen LogP contribution in [0.5, 0.6) is 5.75 Å². The van der Waals surface area contributed by atoms with Crippen molar-refractivity contribution in [1.82, 2.24) is 20.3 Å². The molecule has 0 fully saturated rings. The van der Waals surface area contributed by atoms with Crippen LogP contribution in [0.25, 0.3) is 11.5 Å². The second kappa shape index (κ2) is 7.48. The maximum Gasteiger partial charge on any atom is 0.277 e. The van der Waals surface area contributed by atoms with Crippen LogP contribution in [0, 0.1) is 5.92 Å². The van der Waals surface area contributed by atoms with E-state index in [9.17, 15) is 0 Å². The van der Waals surface area contributed by atoms with E-state index in [2.05, 4.69) is 34.2 Å². The van der Waals surface area contributed by atoms with Gasteiger partial charge in [0.05, 0.1) is 18.4 Å². The predicted molar refractivity (Wildman–Crippen MR) is 88.7 cm³/mol. The normalized spacial score (nSPS) is 11.2. The molecule has 0 saturated carbocycles. The average Bonchev–Trinajstić information content (AvgIpc) is 3.21. The number of benzene rings is 1. The van der Waals surface area contributed by atoms with Gasteiger partial charge < -0.3 is 13.7 Å². The molecular weight excluding hydrogens is 328 g/mol. The summed E-state index contributed by atoms with van der Waals surface area (Å²) < 4.78 is 16.2. The molecule has 0 aliphatic heterocycles. The Hall–Kier alpha value is -2.35. The van der Waals surface area contributed by atoms with E-state index in [1.807, 2.05) is 24.3 Å². The lowest BCUT2D eigenvalue weighted by molar-refractivity contribution is 0.381. The van der Waals surface area contributed by atoms with E-state index in [-0.39, 0.29) is 0 Å². The number of para-hydroxylation sites is 1. The van der Waals surface area contributed by atoms with Crippen LogP contribution < -0.4 is 4.74 Å². The summed E-state index contributed by atoms with van der Waals surface area (Å²) >= 11 is 1.36. The minimum atomic E-state index is 0.418. The third-order valence-electron chi connectivity index (χ3n) is 3.16. The van der Waals surface area contributed by atoms with Crippen LogP contribution in [0.1, 0.15) is 25.6 Å². The lowest BCUT2D eigenvalue weighted by atomic mass is 10.1. The van der Waals surface area contributed by atoms with Crippen LogP contribution in [0.2, 0.25) is 0 Å². The standard InChI is InChI=1S/C16H18N4O3S/c1-10(2)8-13-17-14(23-20-13)9-24-16-19-18-15(22-16)11-6-4-5-7-12(11)21-3/h4-7,10H,8-9H2,1-3H3. The van der Waals surface area contributed by atoms with Crippen molar-refractivity contribution in [2.45, 2.75) is 31.2 Å². The van der Waals surface area contributed by atoms with Gasteiger partial charge in [0.1, 0.15) is 5.75 Å². The van der Waals surface area contributed by atoms with E-state index in [0.717, 1.165) is 17.8 Å². The molecule has 1 aromatic carbocycles. The van der Waals surface area contributed by atoms with Crippen LogP contribution in [-0.2, 0) is 12.2 Å². The number of methoxy groups -OCH3 is 1. The van der Waals surface area contributed by atoms with E-state index < -0.39 is 0 Å². The van der Waals surface area contributed by atoms with Crippen LogP contribution in [0.3, 0.4) is 0 Å². The highest BCUT2D eigenvalue weighted by Crippen LogP contribution is 2.31. The molecule has 0 N–H and O–H groups in total. The number of aromatic nitrogens is 4. The molecule has 0 saturated heterocycles. The Labute approximate surface area is 143 Å². The van der Waals surface area contributed by atoms with Gasteiger partial charge in [0, 0.05) is 6.42 Å². The van der Waals surface area contributed by atoms with Crippen LogP contribution >= 0.6 is 11.8 Å². The van der Waals surface area contributed by atoms with Gasteiger partial charge in [-0.15, -0.1) is 10.2 Å². The first-order valence-electron chi connectivity index (χ1n) is 7.57. The lowest BCUT2D eigenvalue weighted by Crippen LogP contribution is -1.96. The monoisotopic (exact) mass is 346 g/mol. The number of nitrogens with zero attached hydrogens (tertiary/aromatic N) is 4. The highest BCUT2D eigenvalue weighted by atomic mass is 32.2. The zero-order valence-corrected chi connectivity index (χ0v) is 14.5. The molecule has 0 radical (unpaired) electrons. The molecular formula is C16H18N4O3S. The zero-order chi connectivity index (χ0) is 16.9. The first-order valence-corrected chi connectivity index (χ1v) is 8.55. The highest BCUT2D eigenvalue weighted by molar-refractivity contribution is 7.98. The summed E-state index contributed by atoms with van der Waals surface area (Å²) in [7, 11) is 1.61. The number of hydrogen-bond donors (Lipinski definition) is 0. The molecule has 0 unspecified atom stereocenters. The maximum atomic E-state index is 5.68. The summed E-state index contributed by atoms with van der Waals surface area (Å²) in [6, 6.07) is 7.50. The largest absolute Gasteiger partial charge is 0.496 e. The smallest absolute Gasteiger partial charge is 0.277 e. The number of hydrogen-bond acceptors (Lipinski definition) is 8. The van der Waals surface area contributed by atoms with Gasteiger partial charge in [0.2, 0.25) is 5.89 Å². The second-order valence-electron chi connectivity index (χ2n) is 5.56. The van der Waals surface area contributed by atoms with E-state index in [0.29, 0.717) is 34.4 Å². The van der Waals surface area contributed by atoms with Crippen LogP contribution in [-0.4, -0.2) is 27.4 Å². The Morgan fingerprint density at radius 3 is 2.83 bits per heavy atom. The van der Waals surface area contributed by atoms with Gasteiger partial charge in [-0.3, -0.25) is 0 Å². The number of rotatable bonds is 7. The Bertz CT molecular complexity index is 800. The molecule has 126 valence electrons. The van der Waals surface area contributed by atoms with Gasteiger partial charge in [0.25, 0.3) is 11.1 Å². The topological polar surface area (TPSA) is 87.1 Å². The third kappa shape index (κ3) is 3.94. The molecule has 2 heterocycles. The minimum absolute atomic E-state index is 0.418. The maximum absolute atomic E-state index is 5.68. The fourth-order valence-corrected chi connectivity index (χ4v) is 2.72. The molecule has 0 amide bonds. The lowest BCUT2D eigenvalue weighted by Gasteiger charge is -2.03. The first kappa shape index (κ1) is 16.5. The second-order valence-corrected chi connectivity index (χ2v) is 6.49. The van der Waals surface area contributed by atoms with Crippen LogP contribution in [0.4, 0.5) is 0 Å². The van der Waals surface area contributed by atoms with Gasteiger partial charge in [-0.25, -0.2) is 0 Å². The van der Waals surface area contributed by atoms with Crippen molar-refractivity contribution in [3.8, 4) is 17.2 Å². The average molecular weight is 346 g/mol. The summed E-state index contributed by atoms with van der Waals surface area (Å²) in [6.45, 7) is 4.23. The van der Waals surface area contributed by atoms with E-state index in [4.69, 9.17) is 13.7 Å². The van der Waals surface area contributed by atoms with Crippen molar-refractivity contribution in [2.75, 3.05) is 7.11 Å². The fourth-order valence-electron chi connectivity index (χ4n) is 2.12. The summed E-state index contributed by atoms with van der Waals surface area (Å²) in [4.78, 5) is 4.35. The van der Waals surface area contributed by atoms with Crippen molar-refractivity contribution in [3.63, 3.8) is 0 Å². The molecule has 2 aromatic heterocycles. The van der Waals surface area contributed by atoms with Crippen molar-refractivity contribution in [2.24, 2.45) is 5.92 Å². The predicted octanol–water partition coefficient (Wildman–Crippen LogP) is 3.62. The van der Waals surface area contributed by atoms with Crippen molar-refractivity contribution >= 4 is 11.8 Å². The highest BCUT2D eigenvalue weighted by Gasteiger charge is 2.15. The SMILES string of the molecule is COc1ccccc1-c1nnc(SCc2nc(CC(C)C)no2)o1.